The van der Waals surface area contributed by atoms with Crippen molar-refractivity contribution in [2.24, 2.45) is 0 Å². The highest BCUT2D eigenvalue weighted by atomic mass is 16.5. The highest BCUT2D eigenvalue weighted by Gasteiger charge is 2.01. The molecule has 11 heavy (non-hydrogen) atoms. The van der Waals surface area contributed by atoms with E-state index in [1.807, 2.05) is 13.8 Å². The van der Waals surface area contributed by atoms with E-state index in [-0.39, 0.29) is 12.1 Å². The smallest absolute Gasteiger partial charge is 0.407 e. The summed E-state index contributed by atoms with van der Waals surface area (Å²) in [6.45, 7) is 7.88. The molecule has 0 rings (SSSR count). The van der Waals surface area contributed by atoms with Gasteiger partial charge in [-0.3, -0.25) is 0 Å². The van der Waals surface area contributed by atoms with E-state index < -0.39 is 0 Å². The van der Waals surface area contributed by atoms with E-state index in [1.165, 1.54) is 0 Å². The van der Waals surface area contributed by atoms with Gasteiger partial charge in [0.25, 0.3) is 0 Å². The van der Waals surface area contributed by atoms with Crippen LogP contribution < -0.4 is 5.32 Å². The van der Waals surface area contributed by atoms with Crippen molar-refractivity contribution in [2.45, 2.75) is 32.7 Å². The molecule has 0 aliphatic heterocycles. The van der Waals surface area contributed by atoms with Crippen molar-refractivity contribution in [2.75, 3.05) is 6.61 Å². The van der Waals surface area contributed by atoms with E-state index in [0.717, 1.165) is 12.8 Å². The van der Waals surface area contributed by atoms with Crippen molar-refractivity contribution in [1.29, 1.82) is 0 Å². The fraction of sp³-hybridized carbons (Fsp3) is 0.750. The Morgan fingerprint density at radius 3 is 2.73 bits per heavy atom. The minimum atomic E-state index is -0.339. The average molecular weight is 158 g/mol. The molecule has 0 aromatic carbocycles. The number of ether oxygens (including phenoxy) is 1. The number of hydrogen-bond acceptors (Lipinski definition) is 2. The van der Waals surface area contributed by atoms with Gasteiger partial charge < -0.3 is 10.1 Å². The van der Waals surface area contributed by atoms with Crippen LogP contribution in [0.2, 0.25) is 0 Å². The monoisotopic (exact) mass is 158 g/mol. The van der Waals surface area contributed by atoms with Gasteiger partial charge >= 0.3 is 6.09 Å². The number of unbranched alkanes of at least 4 members (excludes halogenated alkanes) is 1. The summed E-state index contributed by atoms with van der Waals surface area (Å²) in [6, 6.07) is 0.141. The Kier molecular flexibility index (Phi) is 5.61. The first-order valence-corrected chi connectivity index (χ1v) is 3.89. The van der Waals surface area contributed by atoms with Gasteiger partial charge in [-0.2, -0.15) is 0 Å². The Morgan fingerprint density at radius 1 is 1.64 bits per heavy atom. The standard InChI is InChI=1S/C8H16NO2/c1-4-5-6-11-8(10)9-7(2)3/h7H,1,4-6H2,2-3H3,(H,9,10). The van der Waals surface area contributed by atoms with Crippen LogP contribution in [0.15, 0.2) is 0 Å². The first-order chi connectivity index (χ1) is 5.16. The second-order valence-corrected chi connectivity index (χ2v) is 2.64. The lowest BCUT2D eigenvalue weighted by molar-refractivity contribution is 0.142. The maximum atomic E-state index is 10.8. The predicted octanol–water partition coefficient (Wildman–Crippen LogP) is 1.74. The molecule has 0 fully saturated rings. The molecule has 0 aromatic heterocycles. The molecule has 0 saturated carbocycles. The Balaban J connectivity index is 3.23. The van der Waals surface area contributed by atoms with E-state index in [4.69, 9.17) is 4.74 Å². The van der Waals surface area contributed by atoms with Gasteiger partial charge in [0.2, 0.25) is 0 Å². The zero-order valence-electron chi connectivity index (χ0n) is 7.22. The van der Waals surface area contributed by atoms with Crippen molar-refractivity contribution in [3.63, 3.8) is 0 Å². The highest BCUT2D eigenvalue weighted by molar-refractivity contribution is 5.67. The van der Waals surface area contributed by atoms with Gasteiger partial charge in [0.15, 0.2) is 0 Å². The molecule has 0 saturated heterocycles. The fourth-order valence-electron chi connectivity index (χ4n) is 0.544. The Bertz CT molecular complexity index is 113. The molecule has 0 spiro atoms. The molecule has 1 radical (unpaired) electrons. The maximum Gasteiger partial charge on any atom is 0.407 e. The Hall–Kier alpha value is -0.730. The summed E-state index contributed by atoms with van der Waals surface area (Å²) in [5, 5.41) is 2.62. The van der Waals surface area contributed by atoms with Crippen LogP contribution in [0.3, 0.4) is 0 Å². The van der Waals surface area contributed by atoms with Gasteiger partial charge in [0, 0.05) is 6.04 Å². The van der Waals surface area contributed by atoms with Crippen molar-refractivity contribution < 1.29 is 9.53 Å². The highest BCUT2D eigenvalue weighted by Crippen LogP contribution is 1.88. The number of hydrogen-bond donors (Lipinski definition) is 1. The lowest BCUT2D eigenvalue weighted by Crippen LogP contribution is -2.30. The normalized spacial score (nSPS) is 9.82. The van der Waals surface area contributed by atoms with Crippen molar-refractivity contribution in [1.82, 2.24) is 5.32 Å². The van der Waals surface area contributed by atoms with Gasteiger partial charge in [0.05, 0.1) is 6.61 Å². The number of amides is 1. The van der Waals surface area contributed by atoms with E-state index in [2.05, 4.69) is 12.2 Å². The van der Waals surface area contributed by atoms with Crippen molar-refractivity contribution in [3.05, 3.63) is 6.92 Å². The number of alkyl carbamates (subject to hydrolysis) is 1. The van der Waals surface area contributed by atoms with Gasteiger partial charge in [-0.05, 0) is 20.3 Å². The second-order valence-electron chi connectivity index (χ2n) is 2.64. The third kappa shape index (κ3) is 7.16. The average Bonchev–Trinajstić information content (AvgIpc) is 1.86. The van der Waals surface area contributed by atoms with Crippen LogP contribution in [-0.4, -0.2) is 18.7 Å². The summed E-state index contributed by atoms with van der Waals surface area (Å²) in [5.41, 5.74) is 0. The molecule has 3 nitrogen and oxygen atoms in total. The predicted molar refractivity (Wildman–Crippen MR) is 44.2 cm³/mol. The van der Waals surface area contributed by atoms with Crippen LogP contribution in [0, 0.1) is 6.92 Å². The van der Waals surface area contributed by atoms with Crippen LogP contribution in [0.1, 0.15) is 26.7 Å². The molecule has 0 atom stereocenters. The topological polar surface area (TPSA) is 38.3 Å². The quantitative estimate of drug-likeness (QED) is 0.633. The van der Waals surface area contributed by atoms with Crippen LogP contribution in [-0.2, 0) is 4.74 Å². The molecule has 65 valence electrons. The zero-order valence-corrected chi connectivity index (χ0v) is 7.22. The zero-order chi connectivity index (χ0) is 8.69. The lowest BCUT2D eigenvalue weighted by atomic mass is 10.4. The number of rotatable bonds is 4. The van der Waals surface area contributed by atoms with Crippen LogP contribution >= 0.6 is 0 Å². The molecule has 0 heterocycles. The molecular formula is C8H16NO2. The number of carbonyl (C=O) groups excluding carboxylic acids is 1. The largest absolute Gasteiger partial charge is 0.450 e. The molecule has 0 aromatic rings. The summed E-state index contributed by atoms with van der Waals surface area (Å²) in [4.78, 5) is 10.8. The van der Waals surface area contributed by atoms with Crippen LogP contribution in [0.5, 0.6) is 0 Å². The van der Waals surface area contributed by atoms with E-state index in [0.29, 0.717) is 6.61 Å². The molecule has 3 heteroatoms. The van der Waals surface area contributed by atoms with Crippen molar-refractivity contribution in [3.8, 4) is 0 Å². The molecular weight excluding hydrogens is 142 g/mol. The summed E-state index contributed by atoms with van der Waals surface area (Å²) in [6.07, 6.45) is 1.29. The summed E-state index contributed by atoms with van der Waals surface area (Å²) in [5.74, 6) is 0. The first-order valence-electron chi connectivity index (χ1n) is 3.89. The first kappa shape index (κ1) is 10.3. The molecule has 1 amide bonds. The molecule has 0 unspecified atom stereocenters. The summed E-state index contributed by atoms with van der Waals surface area (Å²) in [7, 11) is 0. The maximum absolute atomic E-state index is 10.8. The number of carbonyl (C=O) groups is 1. The van der Waals surface area contributed by atoms with Crippen molar-refractivity contribution >= 4 is 6.09 Å². The minimum Gasteiger partial charge on any atom is -0.450 e. The van der Waals surface area contributed by atoms with Crippen LogP contribution in [0.4, 0.5) is 4.79 Å². The minimum absolute atomic E-state index is 0.141. The van der Waals surface area contributed by atoms with E-state index in [1.54, 1.807) is 0 Å². The molecule has 0 aliphatic rings. The van der Waals surface area contributed by atoms with Gasteiger partial charge in [-0.1, -0.05) is 13.3 Å². The van der Waals surface area contributed by atoms with E-state index in [9.17, 15) is 4.79 Å². The number of nitrogens with one attached hydrogen (secondary N) is 1. The van der Waals surface area contributed by atoms with Gasteiger partial charge in [-0.25, -0.2) is 4.79 Å². The third-order valence-electron chi connectivity index (χ3n) is 1.03. The summed E-state index contributed by atoms with van der Waals surface area (Å²) < 4.78 is 4.80. The second kappa shape index (κ2) is 6.01. The third-order valence-corrected chi connectivity index (χ3v) is 1.03. The van der Waals surface area contributed by atoms with Gasteiger partial charge in [0.1, 0.15) is 0 Å². The van der Waals surface area contributed by atoms with Gasteiger partial charge in [-0.15, -0.1) is 0 Å². The fourth-order valence-corrected chi connectivity index (χ4v) is 0.544. The molecule has 0 bridgehead atoms. The Labute approximate surface area is 68.1 Å². The van der Waals surface area contributed by atoms with Crippen LogP contribution in [0.25, 0.3) is 0 Å². The van der Waals surface area contributed by atoms with E-state index >= 15 is 0 Å². The molecule has 0 aliphatic carbocycles. The Morgan fingerprint density at radius 2 is 2.27 bits per heavy atom. The SMILES string of the molecule is [CH2]CCCOC(=O)NC(C)C. The summed E-state index contributed by atoms with van der Waals surface area (Å²) >= 11 is 0. The molecule has 1 N–H and O–H groups in total. The lowest BCUT2D eigenvalue weighted by Gasteiger charge is -2.08.